The SMILES string of the molecule is CCc1ccc(CC(NC)C2C3C4CCC(C4)C32)s1. The average molecular weight is 275 g/mol. The first-order valence-electron chi connectivity index (χ1n) is 8.06. The summed E-state index contributed by atoms with van der Waals surface area (Å²) in [6, 6.07) is 5.42. The van der Waals surface area contributed by atoms with Crippen LogP contribution < -0.4 is 5.32 Å². The van der Waals surface area contributed by atoms with Gasteiger partial charge in [-0.2, -0.15) is 0 Å². The summed E-state index contributed by atoms with van der Waals surface area (Å²) >= 11 is 2.03. The van der Waals surface area contributed by atoms with Crippen LogP contribution in [0.25, 0.3) is 0 Å². The Morgan fingerprint density at radius 3 is 2.47 bits per heavy atom. The molecule has 2 bridgehead atoms. The van der Waals surface area contributed by atoms with Gasteiger partial charge in [0.05, 0.1) is 0 Å². The van der Waals surface area contributed by atoms with Crippen molar-refractivity contribution in [1.29, 1.82) is 0 Å². The van der Waals surface area contributed by atoms with Gasteiger partial charge in [0.15, 0.2) is 0 Å². The topological polar surface area (TPSA) is 12.0 Å². The van der Waals surface area contributed by atoms with Crippen LogP contribution in [0.3, 0.4) is 0 Å². The summed E-state index contributed by atoms with van der Waals surface area (Å²) < 4.78 is 0. The Hall–Kier alpha value is -0.340. The Bertz CT molecular complexity index is 450. The molecule has 3 fully saturated rings. The molecule has 1 N–H and O–H groups in total. The Morgan fingerprint density at radius 2 is 1.89 bits per heavy atom. The zero-order chi connectivity index (χ0) is 13.0. The van der Waals surface area contributed by atoms with E-state index in [9.17, 15) is 0 Å². The molecule has 1 aromatic rings. The quantitative estimate of drug-likeness (QED) is 0.863. The van der Waals surface area contributed by atoms with Gasteiger partial charge in [-0.25, -0.2) is 0 Å². The summed E-state index contributed by atoms with van der Waals surface area (Å²) in [7, 11) is 2.18. The number of aryl methyl sites for hydroxylation is 1. The van der Waals surface area contributed by atoms with E-state index < -0.39 is 0 Å². The van der Waals surface area contributed by atoms with Crippen molar-refractivity contribution < 1.29 is 0 Å². The highest BCUT2D eigenvalue weighted by Gasteiger charge is 2.66. The first kappa shape index (κ1) is 12.4. The van der Waals surface area contributed by atoms with Gasteiger partial charge >= 0.3 is 0 Å². The van der Waals surface area contributed by atoms with Crippen molar-refractivity contribution in [1.82, 2.24) is 5.32 Å². The third-order valence-corrected chi connectivity index (χ3v) is 7.37. The van der Waals surface area contributed by atoms with Gasteiger partial charge in [-0.15, -0.1) is 11.3 Å². The maximum atomic E-state index is 3.64. The van der Waals surface area contributed by atoms with Crippen LogP contribution in [0.1, 0.15) is 35.9 Å². The number of fused-ring (bicyclic) bond motifs is 5. The van der Waals surface area contributed by atoms with E-state index in [0.29, 0.717) is 0 Å². The monoisotopic (exact) mass is 275 g/mol. The molecule has 2 heteroatoms. The summed E-state index contributed by atoms with van der Waals surface area (Å²) in [5, 5.41) is 3.64. The summed E-state index contributed by atoms with van der Waals surface area (Å²) in [6.07, 6.45) is 7.10. The third kappa shape index (κ3) is 1.91. The first-order valence-corrected chi connectivity index (χ1v) is 8.88. The summed E-state index contributed by atoms with van der Waals surface area (Å²) in [4.78, 5) is 3.13. The summed E-state index contributed by atoms with van der Waals surface area (Å²) in [5.41, 5.74) is 0. The van der Waals surface area contributed by atoms with E-state index in [4.69, 9.17) is 0 Å². The van der Waals surface area contributed by atoms with Crippen LogP contribution in [0, 0.1) is 29.6 Å². The molecule has 3 aliphatic rings. The van der Waals surface area contributed by atoms with Crippen LogP contribution in [0.2, 0.25) is 0 Å². The lowest BCUT2D eigenvalue weighted by atomic mass is 9.95. The molecule has 1 aromatic heterocycles. The van der Waals surface area contributed by atoms with Crippen LogP contribution >= 0.6 is 11.3 Å². The molecule has 1 nitrogen and oxygen atoms in total. The second kappa shape index (κ2) is 4.60. The van der Waals surface area contributed by atoms with Crippen LogP contribution in [0.15, 0.2) is 12.1 Å². The van der Waals surface area contributed by atoms with E-state index in [1.54, 1.807) is 16.2 Å². The number of likely N-dealkylation sites (N-methyl/N-ethyl adjacent to an activating group) is 1. The van der Waals surface area contributed by atoms with Crippen LogP contribution in [0.5, 0.6) is 0 Å². The molecule has 5 unspecified atom stereocenters. The second-order valence-electron chi connectivity index (χ2n) is 6.89. The Kier molecular flexibility index (Phi) is 3.00. The minimum absolute atomic E-state index is 0.738. The predicted octanol–water partition coefficient (Wildman–Crippen LogP) is 3.73. The van der Waals surface area contributed by atoms with E-state index >= 15 is 0 Å². The lowest BCUT2D eigenvalue weighted by molar-refractivity contribution is 0.378. The molecule has 0 aromatic carbocycles. The number of hydrogen-bond donors (Lipinski definition) is 1. The third-order valence-electron chi connectivity index (χ3n) is 6.12. The van der Waals surface area contributed by atoms with Crippen molar-refractivity contribution in [2.45, 2.75) is 45.1 Å². The highest BCUT2D eigenvalue weighted by Crippen LogP contribution is 2.70. The molecule has 0 radical (unpaired) electrons. The molecule has 0 aliphatic heterocycles. The molecular weight excluding hydrogens is 250 g/mol. The van der Waals surface area contributed by atoms with Gasteiger partial charge in [0, 0.05) is 15.8 Å². The number of hydrogen-bond acceptors (Lipinski definition) is 2. The van der Waals surface area contributed by atoms with Crippen molar-refractivity contribution >= 4 is 11.3 Å². The summed E-state index contributed by atoms with van der Waals surface area (Å²) in [6.45, 7) is 2.26. The molecule has 4 rings (SSSR count). The summed E-state index contributed by atoms with van der Waals surface area (Å²) in [5.74, 6) is 5.41. The smallest absolute Gasteiger partial charge is 0.0146 e. The average Bonchev–Trinajstić information content (AvgIpc) is 2.84. The van der Waals surface area contributed by atoms with Crippen LogP contribution in [-0.4, -0.2) is 13.1 Å². The van der Waals surface area contributed by atoms with Gasteiger partial charge in [0.2, 0.25) is 0 Å². The van der Waals surface area contributed by atoms with E-state index in [1.165, 1.54) is 25.7 Å². The molecule has 3 aliphatic carbocycles. The van der Waals surface area contributed by atoms with Crippen molar-refractivity contribution in [2.24, 2.45) is 29.6 Å². The number of nitrogens with one attached hydrogen (secondary N) is 1. The van der Waals surface area contributed by atoms with Gasteiger partial charge < -0.3 is 5.32 Å². The molecular formula is C17H25NS. The highest BCUT2D eigenvalue weighted by atomic mass is 32.1. The van der Waals surface area contributed by atoms with Gasteiger partial charge in [-0.3, -0.25) is 0 Å². The van der Waals surface area contributed by atoms with E-state index in [2.05, 4.69) is 31.4 Å². The second-order valence-corrected chi connectivity index (χ2v) is 8.14. The maximum Gasteiger partial charge on any atom is 0.0146 e. The molecule has 1 heterocycles. The minimum Gasteiger partial charge on any atom is -0.316 e. The van der Waals surface area contributed by atoms with Crippen molar-refractivity contribution in [3.05, 3.63) is 21.9 Å². The molecule has 0 spiro atoms. The van der Waals surface area contributed by atoms with Gasteiger partial charge in [0.25, 0.3) is 0 Å². The van der Waals surface area contributed by atoms with Gasteiger partial charge in [-0.1, -0.05) is 6.92 Å². The van der Waals surface area contributed by atoms with Crippen molar-refractivity contribution in [2.75, 3.05) is 7.05 Å². The van der Waals surface area contributed by atoms with Gasteiger partial charge in [0.1, 0.15) is 0 Å². The van der Waals surface area contributed by atoms with E-state index in [-0.39, 0.29) is 0 Å². The Labute approximate surface area is 120 Å². The maximum absolute atomic E-state index is 3.64. The lowest BCUT2D eigenvalue weighted by Gasteiger charge is -2.19. The zero-order valence-corrected chi connectivity index (χ0v) is 12.9. The Balaban J connectivity index is 1.45. The number of thiophene rings is 1. The fraction of sp³-hybridized carbons (Fsp3) is 0.765. The first-order chi connectivity index (χ1) is 9.31. The van der Waals surface area contributed by atoms with Crippen molar-refractivity contribution in [3.8, 4) is 0 Å². The lowest BCUT2D eigenvalue weighted by Crippen LogP contribution is -2.32. The fourth-order valence-corrected chi connectivity index (χ4v) is 6.32. The van der Waals surface area contributed by atoms with Crippen molar-refractivity contribution in [3.63, 3.8) is 0 Å². The Morgan fingerprint density at radius 1 is 1.21 bits per heavy atom. The van der Waals surface area contributed by atoms with E-state index in [1.807, 2.05) is 11.3 Å². The molecule has 19 heavy (non-hydrogen) atoms. The van der Waals surface area contributed by atoms with Crippen LogP contribution in [-0.2, 0) is 12.8 Å². The molecule has 5 atom stereocenters. The molecule has 104 valence electrons. The molecule has 3 saturated carbocycles. The highest BCUT2D eigenvalue weighted by molar-refractivity contribution is 7.11. The largest absolute Gasteiger partial charge is 0.316 e. The normalized spacial score (nSPS) is 40.4. The van der Waals surface area contributed by atoms with E-state index in [0.717, 1.165) is 35.6 Å². The zero-order valence-electron chi connectivity index (χ0n) is 12.1. The number of rotatable bonds is 5. The predicted molar refractivity (Wildman–Crippen MR) is 81.5 cm³/mol. The fourth-order valence-electron chi connectivity index (χ4n) is 5.30. The minimum atomic E-state index is 0.738. The molecule has 0 saturated heterocycles. The molecule has 0 amide bonds. The van der Waals surface area contributed by atoms with Gasteiger partial charge in [-0.05, 0) is 80.9 Å². The van der Waals surface area contributed by atoms with Crippen LogP contribution in [0.4, 0.5) is 0 Å². The standard InChI is InChI=1S/C17H25NS/c1-3-12-6-7-13(19-12)9-14(18-2)17-15-10-4-5-11(8-10)16(15)17/h6-7,10-11,14-18H,3-5,8-9H2,1-2H3.